The molecule has 152 valence electrons. The van der Waals surface area contributed by atoms with Crippen LogP contribution in [0.4, 0.5) is 0 Å². The highest BCUT2D eigenvalue weighted by molar-refractivity contribution is 14.0. The van der Waals surface area contributed by atoms with Crippen molar-refractivity contribution in [2.75, 3.05) is 26.7 Å². The summed E-state index contributed by atoms with van der Waals surface area (Å²) >= 11 is 0. The SMILES string of the molecule is CCNC(=NCc1ccccc1C)NCCNC(=O)c1cccc(OC)c1.I. The molecule has 2 rings (SSSR count). The van der Waals surface area contributed by atoms with Gasteiger partial charge in [-0.25, -0.2) is 4.99 Å². The predicted molar refractivity (Wildman–Crippen MR) is 125 cm³/mol. The number of hydrogen-bond acceptors (Lipinski definition) is 3. The molecule has 6 nitrogen and oxygen atoms in total. The fourth-order valence-electron chi connectivity index (χ4n) is 2.52. The zero-order chi connectivity index (χ0) is 19.5. The van der Waals surface area contributed by atoms with Crippen LogP contribution in [0.2, 0.25) is 0 Å². The third-order valence-corrected chi connectivity index (χ3v) is 4.05. The first-order valence-electron chi connectivity index (χ1n) is 9.13. The largest absolute Gasteiger partial charge is 0.497 e. The molecule has 0 unspecified atom stereocenters. The average molecular weight is 496 g/mol. The van der Waals surface area contributed by atoms with Gasteiger partial charge in [0, 0.05) is 25.2 Å². The summed E-state index contributed by atoms with van der Waals surface area (Å²) in [5.74, 6) is 1.27. The van der Waals surface area contributed by atoms with E-state index in [0.29, 0.717) is 30.9 Å². The van der Waals surface area contributed by atoms with Gasteiger partial charge in [0.25, 0.3) is 5.91 Å². The molecule has 7 heteroatoms. The molecule has 0 aliphatic rings. The number of amides is 1. The number of guanidine groups is 1. The molecule has 0 aliphatic heterocycles. The summed E-state index contributed by atoms with van der Waals surface area (Å²) in [5.41, 5.74) is 3.00. The van der Waals surface area contributed by atoms with Crippen molar-refractivity contribution in [3.05, 3.63) is 65.2 Å². The minimum atomic E-state index is -0.127. The van der Waals surface area contributed by atoms with E-state index < -0.39 is 0 Å². The molecule has 2 aromatic rings. The van der Waals surface area contributed by atoms with Gasteiger partial charge in [0.1, 0.15) is 5.75 Å². The lowest BCUT2D eigenvalue weighted by Crippen LogP contribution is -2.41. The zero-order valence-corrected chi connectivity index (χ0v) is 18.9. The minimum Gasteiger partial charge on any atom is -0.497 e. The maximum absolute atomic E-state index is 12.2. The summed E-state index contributed by atoms with van der Waals surface area (Å²) in [4.78, 5) is 16.8. The van der Waals surface area contributed by atoms with Gasteiger partial charge in [-0.15, -0.1) is 24.0 Å². The number of carbonyl (C=O) groups is 1. The van der Waals surface area contributed by atoms with Crippen LogP contribution in [-0.4, -0.2) is 38.6 Å². The number of nitrogens with one attached hydrogen (secondary N) is 3. The van der Waals surface area contributed by atoms with Crippen LogP contribution in [0.25, 0.3) is 0 Å². The van der Waals surface area contributed by atoms with Gasteiger partial charge in [0.05, 0.1) is 13.7 Å². The van der Waals surface area contributed by atoms with Crippen LogP contribution in [0, 0.1) is 6.92 Å². The number of hydrogen-bond donors (Lipinski definition) is 3. The van der Waals surface area contributed by atoms with Crippen molar-refractivity contribution < 1.29 is 9.53 Å². The Labute approximate surface area is 184 Å². The van der Waals surface area contributed by atoms with Crippen molar-refractivity contribution >= 4 is 35.8 Å². The van der Waals surface area contributed by atoms with E-state index in [9.17, 15) is 4.79 Å². The maximum Gasteiger partial charge on any atom is 0.251 e. The van der Waals surface area contributed by atoms with E-state index in [1.54, 1.807) is 25.3 Å². The first kappa shape index (κ1) is 23.7. The maximum atomic E-state index is 12.2. The van der Waals surface area contributed by atoms with Crippen LogP contribution in [0.1, 0.15) is 28.4 Å². The van der Waals surface area contributed by atoms with Gasteiger partial charge in [0.15, 0.2) is 5.96 Å². The lowest BCUT2D eigenvalue weighted by Gasteiger charge is -2.12. The van der Waals surface area contributed by atoms with Crippen molar-refractivity contribution in [2.24, 2.45) is 4.99 Å². The number of aryl methyl sites for hydroxylation is 1. The highest BCUT2D eigenvalue weighted by Gasteiger charge is 2.06. The van der Waals surface area contributed by atoms with E-state index in [0.717, 1.165) is 12.5 Å². The van der Waals surface area contributed by atoms with Crippen LogP contribution in [0.5, 0.6) is 5.75 Å². The summed E-state index contributed by atoms with van der Waals surface area (Å²) in [5, 5.41) is 9.35. The van der Waals surface area contributed by atoms with E-state index in [1.165, 1.54) is 11.1 Å². The third-order valence-electron chi connectivity index (χ3n) is 4.05. The fraction of sp³-hybridized carbons (Fsp3) is 0.333. The standard InChI is InChI=1S/C21H28N4O2.HI/c1-4-22-21(25-15-18-9-6-5-8-16(18)2)24-13-12-23-20(26)17-10-7-11-19(14-17)27-3;/h5-11,14H,4,12-13,15H2,1-3H3,(H,23,26)(H2,22,24,25);1H. The molecule has 0 atom stereocenters. The van der Waals surface area contributed by atoms with Gasteiger partial charge in [-0.2, -0.15) is 0 Å². The molecule has 0 bridgehead atoms. The van der Waals surface area contributed by atoms with Gasteiger partial charge >= 0.3 is 0 Å². The Morgan fingerprint density at radius 2 is 1.79 bits per heavy atom. The second kappa shape index (κ2) is 13.0. The summed E-state index contributed by atoms with van der Waals surface area (Å²) in [7, 11) is 1.58. The van der Waals surface area contributed by atoms with Gasteiger partial charge < -0.3 is 20.7 Å². The Hall–Kier alpha value is -2.29. The summed E-state index contributed by atoms with van der Waals surface area (Å²) in [6, 6.07) is 15.3. The van der Waals surface area contributed by atoms with Gasteiger partial charge in [-0.1, -0.05) is 30.3 Å². The number of nitrogens with zero attached hydrogens (tertiary/aromatic N) is 1. The molecule has 1 amide bonds. The van der Waals surface area contributed by atoms with Crippen LogP contribution >= 0.6 is 24.0 Å². The number of carbonyl (C=O) groups excluding carboxylic acids is 1. The Kier molecular flexibility index (Phi) is 11.0. The summed E-state index contributed by atoms with van der Waals surface area (Å²) in [6.07, 6.45) is 0. The van der Waals surface area contributed by atoms with E-state index in [-0.39, 0.29) is 29.9 Å². The smallest absolute Gasteiger partial charge is 0.251 e. The topological polar surface area (TPSA) is 74.8 Å². The molecular formula is C21H29IN4O2. The second-order valence-corrected chi connectivity index (χ2v) is 6.04. The molecule has 0 saturated carbocycles. The molecule has 0 radical (unpaired) electrons. The normalized spacial score (nSPS) is 10.6. The molecule has 0 aromatic heterocycles. The molecule has 3 N–H and O–H groups in total. The Balaban J connectivity index is 0.00000392. The minimum absolute atomic E-state index is 0. The molecule has 0 spiro atoms. The fourth-order valence-corrected chi connectivity index (χ4v) is 2.52. The van der Waals surface area contributed by atoms with Crippen LogP contribution in [0.3, 0.4) is 0 Å². The van der Waals surface area contributed by atoms with Crippen LogP contribution in [0.15, 0.2) is 53.5 Å². The summed E-state index contributed by atoms with van der Waals surface area (Å²) < 4.78 is 5.14. The highest BCUT2D eigenvalue weighted by atomic mass is 127. The molecule has 0 saturated heterocycles. The van der Waals surface area contributed by atoms with E-state index >= 15 is 0 Å². The highest BCUT2D eigenvalue weighted by Crippen LogP contribution is 2.12. The van der Waals surface area contributed by atoms with Crippen LogP contribution in [-0.2, 0) is 6.54 Å². The molecule has 28 heavy (non-hydrogen) atoms. The molecular weight excluding hydrogens is 467 g/mol. The first-order valence-corrected chi connectivity index (χ1v) is 9.13. The quantitative estimate of drug-likeness (QED) is 0.227. The number of benzene rings is 2. The number of rotatable bonds is 8. The zero-order valence-electron chi connectivity index (χ0n) is 16.6. The number of methoxy groups -OCH3 is 1. The Morgan fingerprint density at radius 3 is 2.50 bits per heavy atom. The van der Waals surface area contributed by atoms with Crippen LogP contribution < -0.4 is 20.7 Å². The summed E-state index contributed by atoms with van der Waals surface area (Å²) in [6.45, 7) is 6.56. The van der Waals surface area contributed by atoms with Gasteiger partial charge in [0.2, 0.25) is 0 Å². The van der Waals surface area contributed by atoms with Crippen molar-refractivity contribution in [3.63, 3.8) is 0 Å². The number of ether oxygens (including phenoxy) is 1. The van der Waals surface area contributed by atoms with E-state index in [1.807, 2.05) is 25.1 Å². The van der Waals surface area contributed by atoms with Crippen molar-refractivity contribution in [3.8, 4) is 5.75 Å². The Bertz CT molecular complexity index is 781. The average Bonchev–Trinajstić information content (AvgIpc) is 2.70. The third kappa shape index (κ3) is 7.75. The van der Waals surface area contributed by atoms with E-state index in [2.05, 4.69) is 40.0 Å². The first-order chi connectivity index (χ1) is 13.1. The van der Waals surface area contributed by atoms with Crippen molar-refractivity contribution in [2.45, 2.75) is 20.4 Å². The molecule has 0 heterocycles. The molecule has 0 aliphatic carbocycles. The molecule has 0 fully saturated rings. The second-order valence-electron chi connectivity index (χ2n) is 6.04. The van der Waals surface area contributed by atoms with Crippen molar-refractivity contribution in [1.29, 1.82) is 0 Å². The lowest BCUT2D eigenvalue weighted by atomic mass is 10.1. The van der Waals surface area contributed by atoms with Gasteiger partial charge in [-0.05, 0) is 43.2 Å². The van der Waals surface area contributed by atoms with Crippen molar-refractivity contribution in [1.82, 2.24) is 16.0 Å². The van der Waals surface area contributed by atoms with E-state index in [4.69, 9.17) is 4.74 Å². The van der Waals surface area contributed by atoms with Gasteiger partial charge in [-0.3, -0.25) is 4.79 Å². The lowest BCUT2D eigenvalue weighted by molar-refractivity contribution is 0.0954. The predicted octanol–water partition coefficient (Wildman–Crippen LogP) is 3.11. The molecule has 2 aromatic carbocycles. The number of halogens is 1. The monoisotopic (exact) mass is 496 g/mol. The number of aliphatic imine (C=N–C) groups is 1. The Morgan fingerprint density at radius 1 is 1.04 bits per heavy atom.